The summed E-state index contributed by atoms with van der Waals surface area (Å²) in [5, 5.41) is 22.9. The summed E-state index contributed by atoms with van der Waals surface area (Å²) < 4.78 is 0. The van der Waals surface area contributed by atoms with Gasteiger partial charge in [-0.05, 0) is 45.7 Å². The molecule has 4 nitrogen and oxygen atoms in total. The van der Waals surface area contributed by atoms with Crippen LogP contribution in [0.15, 0.2) is 66.2 Å². The second kappa shape index (κ2) is 6.67. The summed E-state index contributed by atoms with van der Waals surface area (Å²) in [6.07, 6.45) is 3.30. The highest BCUT2D eigenvalue weighted by atomic mass is 16.3. The Kier molecular flexibility index (Phi) is 4.18. The maximum absolute atomic E-state index is 11.5. The zero-order valence-corrected chi connectivity index (χ0v) is 14.3. The van der Waals surface area contributed by atoms with Crippen LogP contribution in [0.2, 0.25) is 0 Å². The molecule has 1 aliphatic carbocycles. The van der Waals surface area contributed by atoms with E-state index in [9.17, 15) is 19.8 Å². The first-order valence-corrected chi connectivity index (χ1v) is 8.50. The molecule has 0 saturated carbocycles. The number of hydrogen-bond acceptors (Lipinski definition) is 4. The largest absolute Gasteiger partial charge is 0.507 e. The number of carbonyl (C=O) groups excluding carboxylic acids is 2. The summed E-state index contributed by atoms with van der Waals surface area (Å²) in [4.78, 5) is 22.9. The topological polar surface area (TPSA) is 74.6 Å². The van der Waals surface area contributed by atoms with Crippen LogP contribution in [0.1, 0.15) is 27.0 Å². The Morgan fingerprint density at radius 1 is 0.926 bits per heavy atom. The minimum Gasteiger partial charge on any atom is -0.507 e. The van der Waals surface area contributed by atoms with E-state index in [4.69, 9.17) is 0 Å². The van der Waals surface area contributed by atoms with Crippen molar-refractivity contribution in [3.8, 4) is 5.75 Å². The van der Waals surface area contributed by atoms with Crippen molar-refractivity contribution in [2.24, 2.45) is 0 Å². The number of hydrogen-bond donors (Lipinski definition) is 2. The Labute approximate surface area is 155 Å². The number of phenols is 1. The lowest BCUT2D eigenvalue weighted by molar-refractivity contribution is -0.105. The van der Waals surface area contributed by atoms with Crippen molar-refractivity contribution in [1.29, 1.82) is 0 Å². The summed E-state index contributed by atoms with van der Waals surface area (Å²) in [5.74, 6) is -0.147. The molecule has 27 heavy (non-hydrogen) atoms. The molecule has 0 saturated heterocycles. The molecular formula is C23H16O4. The van der Waals surface area contributed by atoms with Crippen molar-refractivity contribution in [3.05, 3.63) is 88.5 Å². The van der Waals surface area contributed by atoms with Crippen LogP contribution in [0.3, 0.4) is 0 Å². The molecule has 0 aromatic heterocycles. The molecule has 1 unspecified atom stereocenters. The van der Waals surface area contributed by atoms with Crippen molar-refractivity contribution in [3.63, 3.8) is 0 Å². The van der Waals surface area contributed by atoms with Gasteiger partial charge in [0.2, 0.25) is 0 Å². The van der Waals surface area contributed by atoms with Crippen LogP contribution in [0.25, 0.3) is 22.4 Å². The molecule has 4 heteroatoms. The maximum Gasteiger partial charge on any atom is 0.153 e. The average molecular weight is 356 g/mol. The van der Waals surface area contributed by atoms with Crippen molar-refractivity contribution in [2.75, 3.05) is 0 Å². The van der Waals surface area contributed by atoms with Gasteiger partial charge in [-0.1, -0.05) is 48.5 Å². The summed E-state index contributed by atoms with van der Waals surface area (Å²) in [5.41, 5.74) is 2.95. The predicted molar refractivity (Wildman–Crippen MR) is 105 cm³/mol. The predicted octanol–water partition coefficient (Wildman–Crippen LogP) is 3.75. The minimum atomic E-state index is -1.12. The molecule has 0 fully saturated rings. The van der Waals surface area contributed by atoms with Gasteiger partial charge < -0.3 is 10.2 Å². The van der Waals surface area contributed by atoms with Crippen molar-refractivity contribution in [1.82, 2.24) is 0 Å². The van der Waals surface area contributed by atoms with E-state index < -0.39 is 6.10 Å². The molecule has 1 atom stereocenters. The summed E-state index contributed by atoms with van der Waals surface area (Å²) in [7, 11) is 0. The third-order valence-corrected chi connectivity index (χ3v) is 4.82. The second-order valence-electron chi connectivity index (χ2n) is 6.40. The van der Waals surface area contributed by atoms with E-state index in [1.165, 1.54) is 0 Å². The lowest BCUT2D eigenvalue weighted by Crippen LogP contribution is -2.07. The van der Waals surface area contributed by atoms with Crippen LogP contribution in [0, 0.1) is 0 Å². The number of phenolic OH excluding ortho intramolecular Hbond substituents is 1. The first-order valence-electron chi connectivity index (χ1n) is 8.50. The molecule has 1 aliphatic rings. The number of aldehydes is 2. The number of fused-ring (bicyclic) bond motifs is 2. The number of aliphatic hydroxyl groups excluding tert-OH is 1. The van der Waals surface area contributed by atoms with E-state index in [0.717, 1.165) is 21.9 Å². The van der Waals surface area contributed by atoms with Crippen LogP contribution in [0.4, 0.5) is 0 Å². The lowest BCUT2D eigenvalue weighted by Gasteiger charge is -2.16. The van der Waals surface area contributed by atoms with Gasteiger partial charge in [-0.3, -0.25) is 9.59 Å². The monoisotopic (exact) mass is 356 g/mol. The van der Waals surface area contributed by atoms with E-state index in [1.807, 2.05) is 48.5 Å². The molecule has 0 spiro atoms. The van der Waals surface area contributed by atoms with Gasteiger partial charge in [0.25, 0.3) is 0 Å². The molecule has 0 heterocycles. The highest BCUT2D eigenvalue weighted by Gasteiger charge is 2.23. The van der Waals surface area contributed by atoms with Crippen molar-refractivity contribution >= 4 is 35.0 Å². The van der Waals surface area contributed by atoms with Crippen molar-refractivity contribution in [2.45, 2.75) is 6.10 Å². The Morgan fingerprint density at radius 2 is 1.67 bits per heavy atom. The van der Waals surface area contributed by atoms with E-state index >= 15 is 0 Å². The quantitative estimate of drug-likeness (QED) is 0.701. The van der Waals surface area contributed by atoms with Gasteiger partial charge in [0.05, 0.1) is 5.56 Å². The summed E-state index contributed by atoms with van der Waals surface area (Å²) >= 11 is 0. The number of aromatic hydroxyl groups is 1. The molecule has 2 N–H and O–H groups in total. The number of benzene rings is 3. The zero-order chi connectivity index (χ0) is 19.0. The van der Waals surface area contributed by atoms with Crippen LogP contribution in [-0.4, -0.2) is 28.9 Å². The van der Waals surface area contributed by atoms with E-state index in [-0.39, 0.29) is 16.9 Å². The van der Waals surface area contributed by atoms with Crippen LogP contribution in [0.5, 0.6) is 5.75 Å². The molecule has 0 aliphatic heterocycles. The molecule has 0 radical (unpaired) electrons. The first-order chi connectivity index (χ1) is 13.1. The van der Waals surface area contributed by atoms with Crippen LogP contribution in [-0.2, 0) is 4.79 Å². The van der Waals surface area contributed by atoms with Gasteiger partial charge in [-0.25, -0.2) is 0 Å². The SMILES string of the molecule is O=CC1=Cc2ccccc2C(c2c(O)c(C=O)cc3ccccc23)=CC1O. The average Bonchev–Trinajstić information content (AvgIpc) is 2.84. The smallest absolute Gasteiger partial charge is 0.153 e. The van der Waals surface area contributed by atoms with Gasteiger partial charge in [0.1, 0.15) is 18.1 Å². The maximum atomic E-state index is 11.5. The van der Waals surface area contributed by atoms with Gasteiger partial charge in [0.15, 0.2) is 6.29 Å². The number of aliphatic hydroxyl groups is 1. The highest BCUT2D eigenvalue weighted by molar-refractivity contribution is 6.06. The van der Waals surface area contributed by atoms with Gasteiger partial charge in [0, 0.05) is 11.1 Å². The molecule has 0 amide bonds. The van der Waals surface area contributed by atoms with Gasteiger partial charge in [-0.2, -0.15) is 0 Å². The fraction of sp³-hybridized carbons (Fsp3) is 0.0435. The van der Waals surface area contributed by atoms with E-state index in [2.05, 4.69) is 0 Å². The Bertz CT molecular complexity index is 1140. The fourth-order valence-electron chi connectivity index (χ4n) is 3.52. The summed E-state index contributed by atoms with van der Waals surface area (Å²) in [6, 6.07) is 16.4. The van der Waals surface area contributed by atoms with Crippen LogP contribution < -0.4 is 0 Å². The van der Waals surface area contributed by atoms with E-state index in [1.54, 1.807) is 18.2 Å². The Hall–Kier alpha value is -3.50. The summed E-state index contributed by atoms with van der Waals surface area (Å²) in [6.45, 7) is 0. The molecular weight excluding hydrogens is 340 g/mol. The van der Waals surface area contributed by atoms with Crippen LogP contribution >= 0.6 is 0 Å². The Morgan fingerprint density at radius 3 is 2.44 bits per heavy atom. The molecule has 3 aromatic carbocycles. The molecule has 132 valence electrons. The number of rotatable bonds is 3. The molecule has 4 rings (SSSR count). The van der Waals surface area contributed by atoms with E-state index in [0.29, 0.717) is 23.7 Å². The Balaban J connectivity index is 2.12. The molecule has 3 aromatic rings. The lowest BCUT2D eigenvalue weighted by atomic mass is 9.88. The zero-order valence-electron chi connectivity index (χ0n) is 14.3. The standard InChI is InChI=1S/C23H16O4/c24-12-16-9-14-5-1-3-7-18(14)20(11-21(16)26)22-19-8-4-2-6-15(19)10-17(13-25)23(22)27/h1-13,21,26-27H. The highest BCUT2D eigenvalue weighted by Crippen LogP contribution is 2.41. The third-order valence-electron chi connectivity index (χ3n) is 4.82. The van der Waals surface area contributed by atoms with Crippen molar-refractivity contribution < 1.29 is 19.8 Å². The molecule has 0 bridgehead atoms. The van der Waals surface area contributed by atoms with Gasteiger partial charge in [-0.15, -0.1) is 0 Å². The normalized spacial score (nSPS) is 16.1. The van der Waals surface area contributed by atoms with Gasteiger partial charge >= 0.3 is 0 Å². The fourth-order valence-corrected chi connectivity index (χ4v) is 3.52. The second-order valence-corrected chi connectivity index (χ2v) is 6.40. The third kappa shape index (κ3) is 2.76. The minimum absolute atomic E-state index is 0.147. The number of carbonyl (C=O) groups is 2. The first kappa shape index (κ1) is 16.9.